The van der Waals surface area contributed by atoms with E-state index >= 15 is 0 Å². The topological polar surface area (TPSA) is 70.6 Å². The summed E-state index contributed by atoms with van der Waals surface area (Å²) in [5.74, 6) is 1.44. The summed E-state index contributed by atoms with van der Waals surface area (Å²) in [5.41, 5.74) is 6.42. The van der Waals surface area contributed by atoms with Crippen LogP contribution in [0.15, 0.2) is 23.5 Å². The molecule has 128 valence electrons. The molecule has 1 aromatic heterocycles. The molecule has 1 unspecified atom stereocenters. The van der Waals surface area contributed by atoms with Gasteiger partial charge in [0.2, 0.25) is 5.95 Å². The van der Waals surface area contributed by atoms with Crippen molar-refractivity contribution in [1.82, 2.24) is 14.9 Å². The molecule has 0 bridgehead atoms. The van der Waals surface area contributed by atoms with Crippen LogP contribution in [0.4, 0.5) is 5.95 Å². The highest BCUT2D eigenvalue weighted by Crippen LogP contribution is 2.28. The van der Waals surface area contributed by atoms with Crippen molar-refractivity contribution >= 4 is 23.7 Å². The number of guanidine groups is 1. The van der Waals surface area contributed by atoms with Gasteiger partial charge in [-0.2, -0.15) is 11.8 Å². The predicted octanol–water partition coefficient (Wildman–Crippen LogP) is 1.69. The SMILES string of the molecule is CSC(CN=C(N)N1CCN(c2ncccn2)CC1)C(C)(C)C. The monoisotopic (exact) mass is 336 g/mol. The Labute approximate surface area is 143 Å². The summed E-state index contributed by atoms with van der Waals surface area (Å²) in [7, 11) is 0. The lowest BCUT2D eigenvalue weighted by atomic mass is 9.92. The van der Waals surface area contributed by atoms with Crippen LogP contribution in [-0.2, 0) is 0 Å². The number of rotatable bonds is 4. The molecule has 2 heterocycles. The average Bonchev–Trinajstić information content (AvgIpc) is 2.55. The molecule has 1 fully saturated rings. The van der Waals surface area contributed by atoms with Crippen molar-refractivity contribution in [3.8, 4) is 0 Å². The summed E-state index contributed by atoms with van der Waals surface area (Å²) in [6.07, 6.45) is 5.69. The minimum absolute atomic E-state index is 0.229. The van der Waals surface area contributed by atoms with E-state index in [1.165, 1.54) is 0 Å². The number of hydrogen-bond donors (Lipinski definition) is 1. The normalized spacial score (nSPS) is 18.2. The minimum Gasteiger partial charge on any atom is -0.370 e. The molecule has 0 aliphatic carbocycles. The quantitative estimate of drug-likeness (QED) is 0.666. The van der Waals surface area contributed by atoms with E-state index < -0.39 is 0 Å². The molecule has 1 aliphatic rings. The Morgan fingerprint density at radius 1 is 1.26 bits per heavy atom. The minimum atomic E-state index is 0.229. The molecule has 1 atom stereocenters. The van der Waals surface area contributed by atoms with E-state index in [1.54, 1.807) is 12.4 Å². The van der Waals surface area contributed by atoms with Crippen LogP contribution in [0.1, 0.15) is 20.8 Å². The molecular formula is C16H28N6S. The number of thioether (sulfide) groups is 1. The number of aromatic nitrogens is 2. The molecule has 23 heavy (non-hydrogen) atoms. The first-order chi connectivity index (χ1) is 10.9. The van der Waals surface area contributed by atoms with Crippen molar-refractivity contribution in [1.29, 1.82) is 0 Å². The molecule has 6 nitrogen and oxygen atoms in total. The van der Waals surface area contributed by atoms with Crippen LogP contribution in [0.3, 0.4) is 0 Å². The van der Waals surface area contributed by atoms with Gasteiger partial charge in [0.15, 0.2) is 5.96 Å². The maximum absolute atomic E-state index is 6.20. The first-order valence-corrected chi connectivity index (χ1v) is 9.30. The molecule has 2 N–H and O–H groups in total. The predicted molar refractivity (Wildman–Crippen MR) is 99.1 cm³/mol. The fourth-order valence-corrected chi connectivity index (χ4v) is 3.50. The second-order valence-electron chi connectivity index (χ2n) is 6.81. The summed E-state index contributed by atoms with van der Waals surface area (Å²) < 4.78 is 0. The van der Waals surface area contributed by atoms with Crippen molar-refractivity contribution in [2.24, 2.45) is 16.1 Å². The summed E-state index contributed by atoms with van der Waals surface area (Å²) >= 11 is 1.86. The first kappa shape index (κ1) is 17.8. The van der Waals surface area contributed by atoms with E-state index in [9.17, 15) is 0 Å². The summed E-state index contributed by atoms with van der Waals surface area (Å²) in [5, 5.41) is 0.472. The zero-order valence-corrected chi connectivity index (χ0v) is 15.4. The highest BCUT2D eigenvalue weighted by molar-refractivity contribution is 7.99. The number of anilines is 1. The van der Waals surface area contributed by atoms with Gasteiger partial charge in [-0.05, 0) is 17.7 Å². The molecule has 0 spiro atoms. The lowest BCUT2D eigenvalue weighted by Gasteiger charge is -2.35. The van der Waals surface area contributed by atoms with Gasteiger partial charge in [0.25, 0.3) is 0 Å². The highest BCUT2D eigenvalue weighted by Gasteiger charge is 2.24. The van der Waals surface area contributed by atoms with Crippen LogP contribution in [0.5, 0.6) is 0 Å². The number of hydrogen-bond acceptors (Lipinski definition) is 5. The molecule has 7 heteroatoms. The largest absolute Gasteiger partial charge is 0.370 e. The first-order valence-electron chi connectivity index (χ1n) is 8.01. The van der Waals surface area contributed by atoms with Gasteiger partial charge < -0.3 is 15.5 Å². The lowest BCUT2D eigenvalue weighted by Crippen LogP contribution is -2.51. The second kappa shape index (κ2) is 7.86. The number of nitrogens with zero attached hydrogens (tertiary/aromatic N) is 5. The molecule has 1 aromatic rings. The van der Waals surface area contributed by atoms with E-state index in [1.807, 2.05) is 17.8 Å². The van der Waals surface area contributed by atoms with Crippen molar-refractivity contribution in [3.63, 3.8) is 0 Å². The van der Waals surface area contributed by atoms with Gasteiger partial charge in [-0.25, -0.2) is 9.97 Å². The molecule has 1 aliphatic heterocycles. The van der Waals surface area contributed by atoms with Gasteiger partial charge in [-0.15, -0.1) is 0 Å². The Morgan fingerprint density at radius 2 is 1.87 bits per heavy atom. The van der Waals surface area contributed by atoms with E-state index in [4.69, 9.17) is 5.73 Å². The zero-order valence-electron chi connectivity index (χ0n) is 14.6. The van der Waals surface area contributed by atoms with Crippen molar-refractivity contribution < 1.29 is 0 Å². The van der Waals surface area contributed by atoms with Crippen LogP contribution in [-0.4, -0.2) is 65.1 Å². The number of nitrogens with two attached hydrogens (primary N) is 1. The van der Waals surface area contributed by atoms with E-state index in [0.717, 1.165) is 38.7 Å². The Morgan fingerprint density at radius 3 is 2.39 bits per heavy atom. The van der Waals surface area contributed by atoms with Crippen molar-refractivity contribution in [3.05, 3.63) is 18.5 Å². The summed E-state index contributed by atoms with van der Waals surface area (Å²) in [4.78, 5) is 17.6. The molecule has 2 rings (SSSR count). The van der Waals surface area contributed by atoms with Crippen LogP contribution >= 0.6 is 11.8 Å². The molecular weight excluding hydrogens is 308 g/mol. The maximum Gasteiger partial charge on any atom is 0.225 e. The van der Waals surface area contributed by atoms with Crippen LogP contribution in [0.25, 0.3) is 0 Å². The van der Waals surface area contributed by atoms with E-state index in [-0.39, 0.29) is 5.41 Å². The number of aliphatic imine (C=N–C) groups is 1. The third-order valence-electron chi connectivity index (χ3n) is 4.11. The number of piperazine rings is 1. The molecule has 0 saturated carbocycles. The van der Waals surface area contributed by atoms with Gasteiger partial charge in [-0.1, -0.05) is 20.8 Å². The van der Waals surface area contributed by atoms with Gasteiger partial charge in [0.1, 0.15) is 0 Å². The van der Waals surface area contributed by atoms with E-state index in [2.05, 4.69) is 51.8 Å². The molecule has 0 aromatic carbocycles. The average molecular weight is 337 g/mol. The highest BCUT2D eigenvalue weighted by atomic mass is 32.2. The van der Waals surface area contributed by atoms with Gasteiger partial charge in [0, 0.05) is 43.8 Å². The van der Waals surface area contributed by atoms with E-state index in [0.29, 0.717) is 11.2 Å². The van der Waals surface area contributed by atoms with Crippen molar-refractivity contribution in [2.75, 3.05) is 43.9 Å². The van der Waals surface area contributed by atoms with Crippen LogP contribution < -0.4 is 10.6 Å². The van der Waals surface area contributed by atoms with Gasteiger partial charge >= 0.3 is 0 Å². The Hall–Kier alpha value is -1.50. The fourth-order valence-electron chi connectivity index (χ4n) is 2.57. The second-order valence-corrected chi connectivity index (χ2v) is 7.85. The van der Waals surface area contributed by atoms with Gasteiger partial charge in [0.05, 0.1) is 6.54 Å². The zero-order chi connectivity index (χ0) is 16.9. The molecule has 0 radical (unpaired) electrons. The smallest absolute Gasteiger partial charge is 0.225 e. The Kier molecular flexibility index (Phi) is 6.10. The fraction of sp³-hybridized carbons (Fsp3) is 0.688. The lowest BCUT2D eigenvalue weighted by molar-refractivity contribution is 0.372. The van der Waals surface area contributed by atoms with Crippen molar-refractivity contribution in [2.45, 2.75) is 26.0 Å². The maximum atomic E-state index is 6.20. The Bertz CT molecular complexity index is 505. The third kappa shape index (κ3) is 4.99. The van der Waals surface area contributed by atoms with Gasteiger partial charge in [-0.3, -0.25) is 4.99 Å². The summed E-state index contributed by atoms with van der Waals surface area (Å²) in [6, 6.07) is 1.84. The molecule has 1 saturated heterocycles. The van der Waals surface area contributed by atoms with Crippen LogP contribution in [0.2, 0.25) is 0 Å². The van der Waals surface area contributed by atoms with Crippen LogP contribution in [0, 0.1) is 5.41 Å². The Balaban J connectivity index is 1.88. The summed E-state index contributed by atoms with van der Waals surface area (Å²) in [6.45, 7) is 10.9. The molecule has 0 amide bonds. The third-order valence-corrected chi connectivity index (χ3v) is 5.53. The standard InChI is InChI=1S/C16H28N6S/c1-16(2,3)13(23-4)12-20-14(17)21-8-10-22(11-9-21)15-18-6-5-7-19-15/h5-7,13H,8-12H2,1-4H3,(H2,17,20).